The molecule has 2 aromatic heterocycles. The molecule has 98 valence electrons. The minimum absolute atomic E-state index is 0.319. The molecule has 0 fully saturated rings. The van der Waals surface area contributed by atoms with Gasteiger partial charge in [0.15, 0.2) is 0 Å². The second-order valence-electron chi connectivity index (χ2n) is 4.04. The molecule has 0 amide bonds. The Morgan fingerprint density at radius 2 is 2.42 bits per heavy atom. The van der Waals surface area contributed by atoms with Crippen molar-refractivity contribution in [3.8, 4) is 0 Å². The first-order valence-electron chi connectivity index (χ1n) is 5.74. The fourth-order valence-electron chi connectivity index (χ4n) is 1.99. The number of aromatic amines is 1. The Labute approximate surface area is 108 Å². The predicted molar refractivity (Wildman–Crippen MR) is 67.3 cm³/mol. The van der Waals surface area contributed by atoms with Crippen LogP contribution in [-0.2, 0) is 14.3 Å². The minimum Gasteiger partial charge on any atom is -0.484 e. The van der Waals surface area contributed by atoms with E-state index in [1.807, 2.05) is 6.07 Å². The second-order valence-corrected chi connectivity index (χ2v) is 4.04. The fraction of sp³-hybridized carbons (Fsp3) is 0.250. The highest BCUT2D eigenvalue weighted by Crippen LogP contribution is 2.22. The van der Waals surface area contributed by atoms with Crippen LogP contribution in [0.2, 0.25) is 0 Å². The number of hydrogen-bond acceptors (Lipinski definition) is 6. The molecule has 2 unspecified atom stereocenters. The second kappa shape index (κ2) is 4.60. The third-order valence-electron chi connectivity index (χ3n) is 2.93. The quantitative estimate of drug-likeness (QED) is 0.794. The molecule has 0 aromatic carbocycles. The molecule has 0 saturated heterocycles. The third kappa shape index (κ3) is 1.99. The van der Waals surface area contributed by atoms with Gasteiger partial charge in [-0.2, -0.15) is 0 Å². The van der Waals surface area contributed by atoms with E-state index in [2.05, 4.69) is 20.3 Å². The summed E-state index contributed by atoms with van der Waals surface area (Å²) in [6, 6.07) is 1.55. The van der Waals surface area contributed by atoms with Gasteiger partial charge in [0.2, 0.25) is 6.10 Å². The van der Waals surface area contributed by atoms with Crippen molar-refractivity contribution in [2.24, 2.45) is 0 Å². The van der Waals surface area contributed by atoms with E-state index in [-0.39, 0.29) is 6.04 Å². The topological polar surface area (TPSA) is 89.1 Å². The SMILES string of the molecule is COC(=O)C1OC=CC1Nc1ncnc2[nH]ccc12. The van der Waals surface area contributed by atoms with E-state index in [1.54, 1.807) is 12.3 Å². The molecule has 0 aliphatic carbocycles. The lowest BCUT2D eigenvalue weighted by atomic mass is 10.1. The number of anilines is 1. The van der Waals surface area contributed by atoms with Crippen LogP contribution in [0.4, 0.5) is 5.82 Å². The number of aromatic nitrogens is 3. The Morgan fingerprint density at radius 1 is 1.53 bits per heavy atom. The zero-order valence-electron chi connectivity index (χ0n) is 10.2. The van der Waals surface area contributed by atoms with Crippen LogP contribution in [0.3, 0.4) is 0 Å². The van der Waals surface area contributed by atoms with Crippen LogP contribution in [0, 0.1) is 0 Å². The Kier molecular flexibility index (Phi) is 2.79. The molecular weight excluding hydrogens is 248 g/mol. The minimum atomic E-state index is -0.700. The number of carbonyl (C=O) groups is 1. The van der Waals surface area contributed by atoms with Crippen LogP contribution in [0.5, 0.6) is 0 Å². The first-order chi connectivity index (χ1) is 9.29. The summed E-state index contributed by atoms with van der Waals surface area (Å²) in [5, 5.41) is 4.00. The van der Waals surface area contributed by atoms with Crippen molar-refractivity contribution in [1.82, 2.24) is 15.0 Å². The Hall–Kier alpha value is -2.57. The lowest BCUT2D eigenvalue weighted by Gasteiger charge is -2.18. The van der Waals surface area contributed by atoms with Gasteiger partial charge in [-0.1, -0.05) is 0 Å². The van der Waals surface area contributed by atoms with Gasteiger partial charge in [0.25, 0.3) is 0 Å². The maximum atomic E-state index is 11.6. The van der Waals surface area contributed by atoms with Gasteiger partial charge in [0, 0.05) is 6.20 Å². The van der Waals surface area contributed by atoms with Crippen molar-refractivity contribution >= 4 is 22.8 Å². The van der Waals surface area contributed by atoms with Gasteiger partial charge < -0.3 is 19.8 Å². The number of esters is 1. The molecule has 2 N–H and O–H groups in total. The number of nitrogens with zero attached hydrogens (tertiary/aromatic N) is 2. The zero-order valence-corrected chi connectivity index (χ0v) is 10.2. The van der Waals surface area contributed by atoms with Crippen LogP contribution >= 0.6 is 0 Å². The molecule has 0 saturated carbocycles. The first kappa shape index (κ1) is 11.5. The summed E-state index contributed by atoms with van der Waals surface area (Å²) in [5.41, 5.74) is 0.731. The van der Waals surface area contributed by atoms with Crippen LogP contribution in [0.25, 0.3) is 11.0 Å². The number of H-pyrrole nitrogens is 1. The summed E-state index contributed by atoms with van der Waals surface area (Å²) in [6.45, 7) is 0. The van der Waals surface area contributed by atoms with E-state index in [0.717, 1.165) is 11.0 Å². The molecule has 0 bridgehead atoms. The summed E-state index contributed by atoms with van der Waals surface area (Å²) >= 11 is 0. The standard InChI is InChI=1S/C12H12N4O3/c1-18-12(17)9-8(3-5-19-9)16-11-7-2-4-13-10(7)14-6-15-11/h2-6,8-9H,1H3,(H2,13,14,15,16). The largest absolute Gasteiger partial charge is 0.484 e. The van der Waals surface area contributed by atoms with Gasteiger partial charge in [-0.3, -0.25) is 0 Å². The maximum Gasteiger partial charge on any atom is 0.349 e. The summed E-state index contributed by atoms with van der Waals surface area (Å²) < 4.78 is 9.91. The number of rotatable bonds is 3. The summed E-state index contributed by atoms with van der Waals surface area (Å²) in [5.74, 6) is 0.210. The van der Waals surface area contributed by atoms with Crippen molar-refractivity contribution < 1.29 is 14.3 Å². The summed E-state index contributed by atoms with van der Waals surface area (Å²) in [4.78, 5) is 22.8. The molecule has 2 aromatic rings. The van der Waals surface area contributed by atoms with Gasteiger partial charge in [-0.15, -0.1) is 0 Å². The Morgan fingerprint density at radius 3 is 3.26 bits per heavy atom. The molecular formula is C12H12N4O3. The third-order valence-corrected chi connectivity index (χ3v) is 2.93. The molecule has 7 heteroatoms. The van der Waals surface area contributed by atoms with E-state index < -0.39 is 12.1 Å². The van der Waals surface area contributed by atoms with E-state index >= 15 is 0 Å². The van der Waals surface area contributed by atoms with E-state index in [1.165, 1.54) is 19.7 Å². The molecule has 3 heterocycles. The van der Waals surface area contributed by atoms with Crippen molar-refractivity contribution in [2.45, 2.75) is 12.1 Å². The normalized spacial score (nSPS) is 21.3. The average Bonchev–Trinajstić information content (AvgIpc) is 3.06. The molecule has 2 atom stereocenters. The lowest BCUT2D eigenvalue weighted by molar-refractivity contribution is -0.149. The van der Waals surface area contributed by atoms with Crippen molar-refractivity contribution in [3.63, 3.8) is 0 Å². The van der Waals surface area contributed by atoms with Crippen LogP contribution in [0.1, 0.15) is 0 Å². The van der Waals surface area contributed by atoms with Crippen molar-refractivity contribution in [1.29, 1.82) is 0 Å². The van der Waals surface area contributed by atoms with E-state index in [0.29, 0.717) is 5.82 Å². The predicted octanol–water partition coefficient (Wildman–Crippen LogP) is 0.824. The van der Waals surface area contributed by atoms with E-state index in [9.17, 15) is 4.79 Å². The molecule has 0 radical (unpaired) electrons. The lowest BCUT2D eigenvalue weighted by Crippen LogP contribution is -2.37. The number of fused-ring (bicyclic) bond motifs is 1. The van der Waals surface area contributed by atoms with Gasteiger partial charge in [0.1, 0.15) is 17.8 Å². The highest BCUT2D eigenvalue weighted by molar-refractivity contribution is 5.87. The molecule has 0 spiro atoms. The number of hydrogen-bond donors (Lipinski definition) is 2. The smallest absolute Gasteiger partial charge is 0.349 e. The van der Waals surface area contributed by atoms with Crippen LogP contribution < -0.4 is 5.32 Å². The summed E-state index contributed by atoms with van der Waals surface area (Å²) in [6.07, 6.45) is 5.77. The Balaban J connectivity index is 1.86. The van der Waals surface area contributed by atoms with E-state index in [4.69, 9.17) is 9.47 Å². The number of ether oxygens (including phenoxy) is 2. The number of carbonyl (C=O) groups excluding carboxylic acids is 1. The van der Waals surface area contributed by atoms with Crippen LogP contribution in [-0.4, -0.2) is 40.2 Å². The van der Waals surface area contributed by atoms with Gasteiger partial charge in [-0.05, 0) is 12.1 Å². The number of methoxy groups -OCH3 is 1. The van der Waals surface area contributed by atoms with Crippen molar-refractivity contribution in [2.75, 3.05) is 12.4 Å². The first-order valence-corrected chi connectivity index (χ1v) is 5.74. The molecule has 19 heavy (non-hydrogen) atoms. The van der Waals surface area contributed by atoms with Gasteiger partial charge in [0.05, 0.1) is 24.8 Å². The van der Waals surface area contributed by atoms with Crippen molar-refractivity contribution in [3.05, 3.63) is 30.9 Å². The molecule has 1 aliphatic heterocycles. The van der Waals surface area contributed by atoms with Crippen LogP contribution in [0.15, 0.2) is 30.9 Å². The fourth-order valence-corrected chi connectivity index (χ4v) is 1.99. The maximum absolute atomic E-state index is 11.6. The summed E-state index contributed by atoms with van der Waals surface area (Å²) in [7, 11) is 1.33. The molecule has 3 rings (SSSR count). The van der Waals surface area contributed by atoms with Gasteiger partial charge >= 0.3 is 5.97 Å². The number of nitrogens with one attached hydrogen (secondary N) is 2. The monoisotopic (exact) mass is 260 g/mol. The Bertz CT molecular complexity index is 637. The highest BCUT2D eigenvalue weighted by Gasteiger charge is 2.33. The zero-order chi connectivity index (χ0) is 13.2. The molecule has 1 aliphatic rings. The highest BCUT2D eigenvalue weighted by atomic mass is 16.6. The average molecular weight is 260 g/mol. The van der Waals surface area contributed by atoms with Gasteiger partial charge in [-0.25, -0.2) is 14.8 Å². The molecule has 7 nitrogen and oxygen atoms in total.